The van der Waals surface area contributed by atoms with Crippen LogP contribution in [-0.2, 0) is 9.53 Å². The van der Waals surface area contributed by atoms with Crippen LogP contribution in [0.2, 0.25) is 0 Å². The van der Waals surface area contributed by atoms with Crippen LogP contribution in [0.4, 0.5) is 0 Å². The molecule has 2 atom stereocenters. The molecule has 0 bridgehead atoms. The van der Waals surface area contributed by atoms with Crippen molar-refractivity contribution >= 4 is 5.91 Å². The summed E-state index contributed by atoms with van der Waals surface area (Å²) in [4.78, 5) is 14.0. The van der Waals surface area contributed by atoms with E-state index in [0.717, 1.165) is 26.0 Å². The number of nitrogens with zero attached hydrogens (tertiary/aromatic N) is 1. The first kappa shape index (κ1) is 17.4. The van der Waals surface area contributed by atoms with Crippen molar-refractivity contribution in [1.29, 1.82) is 0 Å². The van der Waals surface area contributed by atoms with Gasteiger partial charge in [0, 0.05) is 25.1 Å². The fourth-order valence-electron chi connectivity index (χ4n) is 2.72. The van der Waals surface area contributed by atoms with Crippen LogP contribution in [-0.4, -0.2) is 49.7 Å². The lowest BCUT2D eigenvalue weighted by atomic mass is 9.78. The van der Waals surface area contributed by atoms with E-state index in [1.807, 2.05) is 11.9 Å². The van der Waals surface area contributed by atoms with Gasteiger partial charge in [-0.15, -0.1) is 0 Å². The smallest absolute Gasteiger partial charge is 0.234 e. The zero-order valence-electron chi connectivity index (χ0n) is 14.0. The van der Waals surface area contributed by atoms with E-state index in [1.165, 1.54) is 0 Å². The summed E-state index contributed by atoms with van der Waals surface area (Å²) in [5, 5.41) is 3.08. The maximum absolute atomic E-state index is 12.0. The molecule has 0 spiro atoms. The third-order valence-corrected chi connectivity index (χ3v) is 4.13. The van der Waals surface area contributed by atoms with E-state index in [0.29, 0.717) is 18.5 Å². The van der Waals surface area contributed by atoms with Gasteiger partial charge in [-0.1, -0.05) is 20.8 Å². The molecular formula is C16H32N2O2. The van der Waals surface area contributed by atoms with Gasteiger partial charge in [0.25, 0.3) is 0 Å². The monoisotopic (exact) mass is 284 g/mol. The highest BCUT2D eigenvalue weighted by Crippen LogP contribution is 2.33. The minimum atomic E-state index is 0.111. The first-order chi connectivity index (χ1) is 9.21. The summed E-state index contributed by atoms with van der Waals surface area (Å²) in [7, 11) is 1.98. The molecule has 1 heterocycles. The Kier molecular flexibility index (Phi) is 6.46. The number of amides is 1. The summed E-state index contributed by atoms with van der Waals surface area (Å²) in [6.07, 6.45) is 2.47. The van der Waals surface area contributed by atoms with E-state index in [-0.39, 0.29) is 17.4 Å². The van der Waals surface area contributed by atoms with Gasteiger partial charge in [0.15, 0.2) is 0 Å². The van der Waals surface area contributed by atoms with Gasteiger partial charge in [-0.3, -0.25) is 9.69 Å². The Morgan fingerprint density at radius 1 is 1.40 bits per heavy atom. The first-order valence-corrected chi connectivity index (χ1v) is 7.80. The number of carbonyl (C=O) groups excluding carboxylic acids is 1. The predicted octanol–water partition coefficient (Wildman–Crippen LogP) is 2.28. The van der Waals surface area contributed by atoms with Crippen molar-refractivity contribution in [3.05, 3.63) is 0 Å². The molecule has 4 heteroatoms. The van der Waals surface area contributed by atoms with E-state index < -0.39 is 0 Å². The van der Waals surface area contributed by atoms with Crippen molar-refractivity contribution in [3.63, 3.8) is 0 Å². The molecule has 0 aromatic carbocycles. The molecule has 0 saturated carbocycles. The second-order valence-corrected chi connectivity index (χ2v) is 7.37. The number of carbonyl (C=O) groups is 1. The van der Waals surface area contributed by atoms with Crippen LogP contribution >= 0.6 is 0 Å². The lowest BCUT2D eigenvalue weighted by Gasteiger charge is -2.40. The molecule has 0 aliphatic carbocycles. The van der Waals surface area contributed by atoms with Crippen LogP contribution in [0.3, 0.4) is 0 Å². The van der Waals surface area contributed by atoms with Gasteiger partial charge >= 0.3 is 0 Å². The largest absolute Gasteiger partial charge is 0.377 e. The molecule has 0 aromatic rings. The molecular weight excluding hydrogens is 252 g/mol. The Morgan fingerprint density at radius 3 is 2.60 bits per heavy atom. The lowest BCUT2D eigenvalue weighted by Crippen LogP contribution is -2.47. The highest BCUT2D eigenvalue weighted by Gasteiger charge is 2.35. The highest BCUT2D eigenvalue weighted by molar-refractivity contribution is 5.78. The summed E-state index contributed by atoms with van der Waals surface area (Å²) < 4.78 is 5.94. The Balaban J connectivity index is 2.44. The Bertz CT molecular complexity index is 310. The number of likely N-dealkylation sites (N-methyl/N-ethyl adjacent to an activating group) is 1. The van der Waals surface area contributed by atoms with Crippen LogP contribution < -0.4 is 5.32 Å². The van der Waals surface area contributed by atoms with Gasteiger partial charge in [0.05, 0.1) is 12.6 Å². The van der Waals surface area contributed by atoms with Gasteiger partial charge in [0.1, 0.15) is 0 Å². The minimum absolute atomic E-state index is 0.111. The van der Waals surface area contributed by atoms with Crippen molar-refractivity contribution in [2.75, 3.05) is 26.7 Å². The quantitative estimate of drug-likeness (QED) is 0.842. The van der Waals surface area contributed by atoms with E-state index in [9.17, 15) is 4.79 Å². The van der Waals surface area contributed by atoms with Crippen molar-refractivity contribution in [1.82, 2.24) is 10.2 Å². The molecule has 118 valence electrons. The molecule has 0 aromatic heterocycles. The number of ether oxygens (including phenoxy) is 1. The standard InChI is InChI=1S/C16H32N2O2/c1-12(2)18(6)11-14(19)17-10-13-8-7-9-20-15(13)16(3,4)5/h12-13,15H,7-11H2,1-6H3,(H,17,19). The fraction of sp³-hybridized carbons (Fsp3) is 0.938. The zero-order valence-corrected chi connectivity index (χ0v) is 14.0. The first-order valence-electron chi connectivity index (χ1n) is 7.80. The molecule has 1 rings (SSSR count). The van der Waals surface area contributed by atoms with E-state index in [1.54, 1.807) is 0 Å². The zero-order chi connectivity index (χ0) is 15.3. The topological polar surface area (TPSA) is 41.6 Å². The third kappa shape index (κ3) is 5.41. The average molecular weight is 284 g/mol. The summed E-state index contributed by atoms with van der Waals surface area (Å²) in [5.74, 6) is 0.538. The molecule has 1 aliphatic rings. The Morgan fingerprint density at radius 2 is 2.05 bits per heavy atom. The normalized spacial score (nSPS) is 24.2. The highest BCUT2D eigenvalue weighted by atomic mass is 16.5. The summed E-state index contributed by atoms with van der Waals surface area (Å²) >= 11 is 0. The van der Waals surface area contributed by atoms with Crippen molar-refractivity contribution < 1.29 is 9.53 Å². The van der Waals surface area contributed by atoms with Crippen molar-refractivity contribution in [2.45, 2.75) is 59.6 Å². The summed E-state index contributed by atoms with van der Waals surface area (Å²) in [5.41, 5.74) is 0.130. The third-order valence-electron chi connectivity index (χ3n) is 4.13. The van der Waals surface area contributed by atoms with E-state index in [2.05, 4.69) is 39.9 Å². The molecule has 0 radical (unpaired) electrons. The predicted molar refractivity (Wildman–Crippen MR) is 82.7 cm³/mol. The Hall–Kier alpha value is -0.610. The van der Waals surface area contributed by atoms with Gasteiger partial charge in [0.2, 0.25) is 5.91 Å². The average Bonchev–Trinajstić information content (AvgIpc) is 2.35. The summed E-state index contributed by atoms with van der Waals surface area (Å²) in [6.45, 7) is 12.9. The molecule has 1 fully saturated rings. The van der Waals surface area contributed by atoms with Gasteiger partial charge in [-0.2, -0.15) is 0 Å². The Labute approximate surface area is 124 Å². The minimum Gasteiger partial charge on any atom is -0.377 e. The maximum atomic E-state index is 12.0. The van der Waals surface area contributed by atoms with Gasteiger partial charge < -0.3 is 10.1 Å². The molecule has 4 nitrogen and oxygen atoms in total. The summed E-state index contributed by atoms with van der Waals surface area (Å²) in [6, 6.07) is 0.390. The molecule has 1 saturated heterocycles. The number of hydrogen-bond acceptors (Lipinski definition) is 3. The number of nitrogens with one attached hydrogen (secondary N) is 1. The van der Waals surface area contributed by atoms with Gasteiger partial charge in [-0.05, 0) is 39.2 Å². The molecule has 1 N–H and O–H groups in total. The van der Waals surface area contributed by atoms with Crippen LogP contribution in [0.1, 0.15) is 47.5 Å². The molecule has 1 amide bonds. The fourth-order valence-corrected chi connectivity index (χ4v) is 2.72. The van der Waals surface area contributed by atoms with Crippen molar-refractivity contribution in [2.24, 2.45) is 11.3 Å². The maximum Gasteiger partial charge on any atom is 0.234 e. The number of rotatable bonds is 5. The molecule has 1 aliphatic heterocycles. The second kappa shape index (κ2) is 7.41. The lowest BCUT2D eigenvalue weighted by molar-refractivity contribution is -0.124. The number of hydrogen-bond donors (Lipinski definition) is 1. The van der Waals surface area contributed by atoms with E-state index in [4.69, 9.17) is 4.74 Å². The van der Waals surface area contributed by atoms with Crippen molar-refractivity contribution in [3.8, 4) is 0 Å². The van der Waals surface area contributed by atoms with Crippen LogP contribution in [0.15, 0.2) is 0 Å². The molecule has 2 unspecified atom stereocenters. The second-order valence-electron chi connectivity index (χ2n) is 7.37. The van der Waals surface area contributed by atoms with Crippen LogP contribution in [0.25, 0.3) is 0 Å². The van der Waals surface area contributed by atoms with Gasteiger partial charge in [-0.25, -0.2) is 0 Å². The molecule has 20 heavy (non-hydrogen) atoms. The van der Waals surface area contributed by atoms with E-state index >= 15 is 0 Å². The van der Waals surface area contributed by atoms with Crippen LogP contribution in [0, 0.1) is 11.3 Å². The van der Waals surface area contributed by atoms with Crippen LogP contribution in [0.5, 0.6) is 0 Å². The SMILES string of the molecule is CC(C)N(C)CC(=O)NCC1CCCOC1C(C)(C)C.